The van der Waals surface area contributed by atoms with E-state index in [9.17, 15) is 0 Å². The fourth-order valence-corrected chi connectivity index (χ4v) is 2.95. The molecule has 4 nitrogen and oxygen atoms in total. The minimum absolute atomic E-state index is 0.902. The smallest absolute Gasteiger partial charge is 0.140 e. The molecule has 0 bridgehead atoms. The topological polar surface area (TPSA) is 33.1 Å². The molecule has 3 rings (SSSR count). The van der Waals surface area contributed by atoms with E-state index in [0.29, 0.717) is 0 Å². The van der Waals surface area contributed by atoms with Gasteiger partial charge in [-0.2, -0.15) is 0 Å². The second-order valence-corrected chi connectivity index (χ2v) is 5.30. The number of rotatable bonds is 5. The predicted octanol–water partition coefficient (Wildman–Crippen LogP) is 1.85. The van der Waals surface area contributed by atoms with Gasteiger partial charge in [-0.3, -0.25) is 0 Å². The Morgan fingerprint density at radius 1 is 1.26 bits per heavy atom. The molecule has 2 aromatic rings. The monoisotopic (exact) mass is 258 g/mol. The van der Waals surface area contributed by atoms with Crippen molar-refractivity contribution in [1.82, 2.24) is 19.8 Å². The first-order chi connectivity index (χ1) is 9.38. The summed E-state index contributed by atoms with van der Waals surface area (Å²) in [6.07, 6.45) is 6.85. The standard InChI is InChI=1S/C15H22N4/c1-16-11-13-12-19(10-9-18-7-2-3-8-18)15-14(13)5-4-6-17-15/h4-6,12,16H,2-3,7-11H2,1H3. The molecule has 0 radical (unpaired) electrons. The minimum atomic E-state index is 0.902. The molecule has 3 heterocycles. The Bertz CT molecular complexity index is 540. The molecule has 0 amide bonds. The zero-order valence-electron chi connectivity index (χ0n) is 11.6. The highest BCUT2D eigenvalue weighted by molar-refractivity contribution is 5.80. The predicted molar refractivity (Wildman–Crippen MR) is 78.2 cm³/mol. The first kappa shape index (κ1) is 12.6. The number of aromatic nitrogens is 2. The molecule has 2 aromatic heterocycles. The van der Waals surface area contributed by atoms with Gasteiger partial charge in [-0.05, 0) is 50.7 Å². The molecule has 0 unspecified atom stereocenters. The van der Waals surface area contributed by atoms with Crippen molar-refractivity contribution in [2.45, 2.75) is 25.9 Å². The SMILES string of the molecule is CNCc1cn(CCN2CCCC2)c2ncccc12. The third-order valence-electron chi connectivity index (χ3n) is 3.94. The molecular weight excluding hydrogens is 236 g/mol. The van der Waals surface area contributed by atoms with Crippen molar-refractivity contribution in [3.63, 3.8) is 0 Å². The van der Waals surface area contributed by atoms with Gasteiger partial charge in [-0.1, -0.05) is 0 Å². The van der Waals surface area contributed by atoms with Crippen LogP contribution in [0.5, 0.6) is 0 Å². The van der Waals surface area contributed by atoms with E-state index in [-0.39, 0.29) is 0 Å². The normalized spacial score (nSPS) is 16.5. The second-order valence-electron chi connectivity index (χ2n) is 5.30. The van der Waals surface area contributed by atoms with Gasteiger partial charge in [0.2, 0.25) is 0 Å². The van der Waals surface area contributed by atoms with Gasteiger partial charge in [0.15, 0.2) is 0 Å². The van der Waals surface area contributed by atoms with Crippen molar-refractivity contribution < 1.29 is 0 Å². The summed E-state index contributed by atoms with van der Waals surface area (Å²) >= 11 is 0. The van der Waals surface area contributed by atoms with Crippen molar-refractivity contribution in [3.8, 4) is 0 Å². The average Bonchev–Trinajstić information content (AvgIpc) is 3.06. The minimum Gasteiger partial charge on any atom is -0.331 e. The zero-order chi connectivity index (χ0) is 13.1. The summed E-state index contributed by atoms with van der Waals surface area (Å²) in [5.41, 5.74) is 2.46. The number of hydrogen-bond acceptors (Lipinski definition) is 3. The highest BCUT2D eigenvalue weighted by Crippen LogP contribution is 2.19. The van der Waals surface area contributed by atoms with E-state index in [1.54, 1.807) is 0 Å². The van der Waals surface area contributed by atoms with Crippen LogP contribution in [0.2, 0.25) is 0 Å². The molecule has 102 valence electrons. The summed E-state index contributed by atoms with van der Waals surface area (Å²) in [5, 5.41) is 4.51. The third kappa shape index (κ3) is 2.65. The Labute approximate surface area is 114 Å². The molecule has 1 aliphatic rings. The average molecular weight is 258 g/mol. The van der Waals surface area contributed by atoms with Crippen LogP contribution in [0, 0.1) is 0 Å². The molecule has 0 spiro atoms. The van der Waals surface area contributed by atoms with Crippen LogP contribution in [0.1, 0.15) is 18.4 Å². The van der Waals surface area contributed by atoms with Gasteiger partial charge in [-0.25, -0.2) is 4.98 Å². The van der Waals surface area contributed by atoms with Crippen LogP contribution in [0.25, 0.3) is 11.0 Å². The highest BCUT2D eigenvalue weighted by Gasteiger charge is 2.13. The van der Waals surface area contributed by atoms with E-state index >= 15 is 0 Å². The van der Waals surface area contributed by atoms with E-state index < -0.39 is 0 Å². The number of hydrogen-bond donors (Lipinski definition) is 1. The Kier molecular flexibility index (Phi) is 3.80. The Balaban J connectivity index is 1.81. The van der Waals surface area contributed by atoms with Gasteiger partial charge in [0.05, 0.1) is 0 Å². The molecule has 1 fully saturated rings. The van der Waals surface area contributed by atoms with Crippen LogP contribution < -0.4 is 5.32 Å². The van der Waals surface area contributed by atoms with E-state index in [1.807, 2.05) is 19.3 Å². The van der Waals surface area contributed by atoms with Gasteiger partial charge < -0.3 is 14.8 Å². The molecule has 19 heavy (non-hydrogen) atoms. The molecular formula is C15H22N4. The van der Waals surface area contributed by atoms with Gasteiger partial charge in [0, 0.05) is 37.4 Å². The summed E-state index contributed by atoms with van der Waals surface area (Å²) < 4.78 is 2.31. The Hall–Kier alpha value is -1.39. The van der Waals surface area contributed by atoms with E-state index in [2.05, 4.69) is 32.0 Å². The lowest BCUT2D eigenvalue weighted by atomic mass is 10.2. The maximum absolute atomic E-state index is 4.55. The zero-order valence-corrected chi connectivity index (χ0v) is 11.6. The lowest BCUT2D eigenvalue weighted by Gasteiger charge is -2.14. The summed E-state index contributed by atoms with van der Waals surface area (Å²) in [6, 6.07) is 4.19. The molecule has 0 atom stereocenters. The van der Waals surface area contributed by atoms with Crippen molar-refractivity contribution >= 4 is 11.0 Å². The van der Waals surface area contributed by atoms with Crippen LogP contribution in [-0.4, -0.2) is 41.1 Å². The lowest BCUT2D eigenvalue weighted by Crippen LogP contribution is -2.23. The summed E-state index contributed by atoms with van der Waals surface area (Å²) in [4.78, 5) is 7.09. The molecule has 1 N–H and O–H groups in total. The van der Waals surface area contributed by atoms with Crippen LogP contribution in [0.3, 0.4) is 0 Å². The molecule has 1 saturated heterocycles. The van der Waals surface area contributed by atoms with E-state index in [4.69, 9.17) is 0 Å². The number of nitrogens with one attached hydrogen (secondary N) is 1. The van der Waals surface area contributed by atoms with Crippen LogP contribution >= 0.6 is 0 Å². The fraction of sp³-hybridized carbons (Fsp3) is 0.533. The quantitative estimate of drug-likeness (QED) is 0.888. The number of fused-ring (bicyclic) bond motifs is 1. The summed E-state index contributed by atoms with van der Waals surface area (Å²) in [6.45, 7) is 5.60. The lowest BCUT2D eigenvalue weighted by molar-refractivity contribution is 0.324. The first-order valence-electron chi connectivity index (χ1n) is 7.18. The molecule has 1 aliphatic heterocycles. The van der Waals surface area contributed by atoms with E-state index in [0.717, 1.165) is 25.3 Å². The third-order valence-corrected chi connectivity index (χ3v) is 3.94. The van der Waals surface area contributed by atoms with Gasteiger partial charge >= 0.3 is 0 Å². The van der Waals surface area contributed by atoms with Crippen LogP contribution in [0.4, 0.5) is 0 Å². The highest BCUT2D eigenvalue weighted by atomic mass is 15.2. The summed E-state index contributed by atoms with van der Waals surface area (Å²) in [5.74, 6) is 0. The van der Waals surface area contributed by atoms with Gasteiger partial charge in [-0.15, -0.1) is 0 Å². The Morgan fingerprint density at radius 2 is 2.11 bits per heavy atom. The molecule has 4 heteroatoms. The fourth-order valence-electron chi connectivity index (χ4n) is 2.95. The maximum Gasteiger partial charge on any atom is 0.140 e. The van der Waals surface area contributed by atoms with Crippen LogP contribution in [-0.2, 0) is 13.1 Å². The number of pyridine rings is 1. The summed E-state index contributed by atoms with van der Waals surface area (Å²) in [7, 11) is 1.99. The van der Waals surface area contributed by atoms with Crippen molar-refractivity contribution in [3.05, 3.63) is 30.1 Å². The largest absolute Gasteiger partial charge is 0.331 e. The Morgan fingerprint density at radius 3 is 2.89 bits per heavy atom. The van der Waals surface area contributed by atoms with E-state index in [1.165, 1.54) is 36.9 Å². The first-order valence-corrected chi connectivity index (χ1v) is 7.18. The van der Waals surface area contributed by atoms with Gasteiger partial charge in [0.25, 0.3) is 0 Å². The van der Waals surface area contributed by atoms with Crippen molar-refractivity contribution in [2.75, 3.05) is 26.7 Å². The molecule has 0 aromatic carbocycles. The van der Waals surface area contributed by atoms with Crippen LogP contribution in [0.15, 0.2) is 24.5 Å². The van der Waals surface area contributed by atoms with Gasteiger partial charge in [0.1, 0.15) is 5.65 Å². The van der Waals surface area contributed by atoms with Crippen molar-refractivity contribution in [2.24, 2.45) is 0 Å². The van der Waals surface area contributed by atoms with Crippen molar-refractivity contribution in [1.29, 1.82) is 0 Å². The molecule has 0 saturated carbocycles. The maximum atomic E-state index is 4.55. The number of nitrogens with zero attached hydrogens (tertiary/aromatic N) is 3. The number of likely N-dealkylation sites (tertiary alicyclic amines) is 1. The second kappa shape index (κ2) is 5.72. The molecule has 0 aliphatic carbocycles.